The fraction of sp³-hybridized carbons (Fsp3) is 0.524. The van der Waals surface area contributed by atoms with Crippen molar-refractivity contribution in [2.45, 2.75) is 33.7 Å². The molecule has 1 aromatic carbocycles. The number of rotatable bonds is 5. The van der Waals surface area contributed by atoms with Crippen molar-refractivity contribution in [2.24, 2.45) is 5.92 Å². The first kappa shape index (κ1) is 18.6. The second-order valence-electron chi connectivity index (χ2n) is 7.74. The summed E-state index contributed by atoms with van der Waals surface area (Å²) in [4.78, 5) is 17.5. The first-order chi connectivity index (χ1) is 12.5. The van der Waals surface area contributed by atoms with E-state index in [0.717, 1.165) is 49.6 Å². The smallest absolute Gasteiger partial charge is 0.257 e. The molecule has 0 atom stereocenters. The lowest BCUT2D eigenvalue weighted by atomic mass is 10.0. The molecule has 26 heavy (non-hydrogen) atoms. The summed E-state index contributed by atoms with van der Waals surface area (Å²) in [7, 11) is 2.11. The lowest BCUT2D eigenvalue weighted by Gasteiger charge is -2.32. The molecule has 0 bridgehead atoms. The van der Waals surface area contributed by atoms with Gasteiger partial charge < -0.3 is 9.80 Å². The summed E-state index contributed by atoms with van der Waals surface area (Å²) in [5.74, 6) is 0.610. The molecule has 2 aromatic rings. The lowest BCUT2D eigenvalue weighted by Crippen LogP contribution is -2.47. The van der Waals surface area contributed by atoms with Crippen LogP contribution in [-0.2, 0) is 13.0 Å². The molecule has 0 saturated carbocycles. The molecule has 3 rings (SSSR count). The Hall–Kier alpha value is -2.14. The highest BCUT2D eigenvalue weighted by molar-refractivity contribution is 5.96. The van der Waals surface area contributed by atoms with Gasteiger partial charge in [0, 0.05) is 31.9 Å². The average Bonchev–Trinajstić information content (AvgIpc) is 2.90. The van der Waals surface area contributed by atoms with Gasteiger partial charge in [-0.3, -0.25) is 9.48 Å². The van der Waals surface area contributed by atoms with E-state index in [1.807, 2.05) is 34.7 Å². The van der Waals surface area contributed by atoms with Crippen LogP contribution in [-0.4, -0.2) is 58.7 Å². The third-order valence-electron chi connectivity index (χ3n) is 5.06. The standard InChI is InChI=1S/C21H30N4O/c1-16(2)14-19-20(21(26)24-12-10-23(4)11-13-24)17(3)25(22-19)15-18-8-6-5-7-9-18/h5-9,16H,10-15H2,1-4H3. The largest absolute Gasteiger partial charge is 0.336 e. The maximum atomic E-state index is 13.2. The third-order valence-corrected chi connectivity index (χ3v) is 5.06. The van der Waals surface area contributed by atoms with E-state index in [4.69, 9.17) is 5.10 Å². The van der Waals surface area contributed by atoms with Crippen LogP contribution in [0.4, 0.5) is 0 Å². The molecule has 0 unspecified atom stereocenters. The van der Waals surface area contributed by atoms with Crippen LogP contribution in [0.25, 0.3) is 0 Å². The molecule has 1 fully saturated rings. The van der Waals surface area contributed by atoms with Crippen LogP contribution in [0.5, 0.6) is 0 Å². The number of carbonyl (C=O) groups excluding carboxylic acids is 1. The highest BCUT2D eigenvalue weighted by atomic mass is 16.2. The number of hydrogen-bond donors (Lipinski definition) is 0. The van der Waals surface area contributed by atoms with Crippen LogP contribution in [0.1, 0.15) is 41.2 Å². The molecule has 1 saturated heterocycles. The predicted octanol–water partition coefficient (Wildman–Crippen LogP) is 2.83. The van der Waals surface area contributed by atoms with Crippen molar-refractivity contribution in [2.75, 3.05) is 33.2 Å². The van der Waals surface area contributed by atoms with E-state index in [1.165, 1.54) is 5.56 Å². The number of carbonyl (C=O) groups is 1. The summed E-state index contributed by atoms with van der Waals surface area (Å²) >= 11 is 0. The van der Waals surface area contributed by atoms with E-state index in [9.17, 15) is 4.79 Å². The van der Waals surface area contributed by atoms with Gasteiger partial charge in [0.15, 0.2) is 0 Å². The minimum Gasteiger partial charge on any atom is -0.336 e. The van der Waals surface area contributed by atoms with Crippen molar-refractivity contribution in [3.63, 3.8) is 0 Å². The van der Waals surface area contributed by atoms with Crippen LogP contribution in [0.2, 0.25) is 0 Å². The minimum absolute atomic E-state index is 0.144. The second-order valence-corrected chi connectivity index (χ2v) is 7.74. The number of likely N-dealkylation sites (N-methyl/N-ethyl adjacent to an activating group) is 1. The zero-order valence-corrected chi connectivity index (χ0v) is 16.4. The molecule has 1 aliphatic rings. The Bertz CT molecular complexity index is 743. The second kappa shape index (κ2) is 8.04. The number of amides is 1. The zero-order chi connectivity index (χ0) is 18.7. The summed E-state index contributed by atoms with van der Waals surface area (Å²) < 4.78 is 2.00. The molecule has 0 N–H and O–H groups in total. The maximum Gasteiger partial charge on any atom is 0.257 e. The molecule has 0 aliphatic carbocycles. The summed E-state index contributed by atoms with van der Waals surface area (Å²) in [5, 5.41) is 4.83. The van der Waals surface area contributed by atoms with Gasteiger partial charge in [0.05, 0.1) is 17.8 Å². The van der Waals surface area contributed by atoms with Crippen LogP contribution >= 0.6 is 0 Å². The molecule has 1 aliphatic heterocycles. The number of hydrogen-bond acceptors (Lipinski definition) is 3. The Morgan fingerprint density at radius 2 is 1.77 bits per heavy atom. The third kappa shape index (κ3) is 4.15. The van der Waals surface area contributed by atoms with Gasteiger partial charge in [-0.05, 0) is 31.9 Å². The first-order valence-corrected chi connectivity index (χ1v) is 9.53. The van der Waals surface area contributed by atoms with Crippen LogP contribution < -0.4 is 0 Å². The molecule has 140 valence electrons. The SMILES string of the molecule is Cc1c(C(=O)N2CCN(C)CC2)c(CC(C)C)nn1Cc1ccccc1. The molecule has 1 amide bonds. The quantitative estimate of drug-likeness (QED) is 0.829. The van der Waals surface area contributed by atoms with Crippen molar-refractivity contribution in [3.8, 4) is 0 Å². The van der Waals surface area contributed by atoms with Crippen molar-refractivity contribution in [1.82, 2.24) is 19.6 Å². The highest BCUT2D eigenvalue weighted by Crippen LogP contribution is 2.21. The topological polar surface area (TPSA) is 41.4 Å². The Labute approximate surface area is 156 Å². The molecular formula is C21H30N4O. The van der Waals surface area contributed by atoms with Gasteiger partial charge in [0.1, 0.15) is 0 Å². The molecule has 5 nitrogen and oxygen atoms in total. The van der Waals surface area contributed by atoms with Gasteiger partial charge in [-0.15, -0.1) is 0 Å². The summed E-state index contributed by atoms with van der Waals surface area (Å²) in [6.45, 7) is 10.5. The fourth-order valence-electron chi connectivity index (χ4n) is 3.49. The van der Waals surface area contributed by atoms with E-state index in [-0.39, 0.29) is 5.91 Å². The number of nitrogens with zero attached hydrogens (tertiary/aromatic N) is 4. The predicted molar refractivity (Wildman–Crippen MR) is 104 cm³/mol. The molecular weight excluding hydrogens is 324 g/mol. The van der Waals surface area contributed by atoms with Crippen molar-refractivity contribution >= 4 is 5.91 Å². The van der Waals surface area contributed by atoms with E-state index in [2.05, 4.69) is 37.9 Å². The minimum atomic E-state index is 0.144. The first-order valence-electron chi connectivity index (χ1n) is 9.53. The van der Waals surface area contributed by atoms with E-state index >= 15 is 0 Å². The van der Waals surface area contributed by atoms with Gasteiger partial charge in [-0.25, -0.2) is 0 Å². The molecule has 0 spiro atoms. The number of benzene rings is 1. The van der Waals surface area contributed by atoms with Crippen LogP contribution in [0, 0.1) is 12.8 Å². The highest BCUT2D eigenvalue weighted by Gasteiger charge is 2.27. The lowest BCUT2D eigenvalue weighted by molar-refractivity contribution is 0.0662. The fourth-order valence-corrected chi connectivity index (χ4v) is 3.49. The van der Waals surface area contributed by atoms with Crippen molar-refractivity contribution in [3.05, 3.63) is 52.8 Å². The van der Waals surface area contributed by atoms with Gasteiger partial charge in [-0.1, -0.05) is 44.2 Å². The Kier molecular flexibility index (Phi) is 5.77. The maximum absolute atomic E-state index is 13.2. The van der Waals surface area contributed by atoms with Crippen molar-refractivity contribution < 1.29 is 4.79 Å². The van der Waals surface area contributed by atoms with Gasteiger partial charge in [-0.2, -0.15) is 5.10 Å². The monoisotopic (exact) mass is 354 g/mol. The summed E-state index contributed by atoms with van der Waals surface area (Å²) in [6.07, 6.45) is 0.831. The molecule has 0 radical (unpaired) electrons. The molecule has 2 heterocycles. The normalized spacial score (nSPS) is 15.7. The van der Waals surface area contributed by atoms with Crippen LogP contribution in [0.15, 0.2) is 30.3 Å². The van der Waals surface area contributed by atoms with Gasteiger partial charge >= 0.3 is 0 Å². The summed E-state index contributed by atoms with van der Waals surface area (Å²) in [5.41, 5.74) is 3.94. The zero-order valence-electron chi connectivity index (χ0n) is 16.4. The van der Waals surface area contributed by atoms with Gasteiger partial charge in [0.25, 0.3) is 5.91 Å². The number of piperazine rings is 1. The van der Waals surface area contributed by atoms with E-state index in [0.29, 0.717) is 12.5 Å². The Balaban J connectivity index is 1.90. The van der Waals surface area contributed by atoms with E-state index in [1.54, 1.807) is 0 Å². The average molecular weight is 354 g/mol. The summed E-state index contributed by atoms with van der Waals surface area (Å²) in [6, 6.07) is 10.3. The van der Waals surface area contributed by atoms with Crippen molar-refractivity contribution in [1.29, 1.82) is 0 Å². The molecule has 5 heteroatoms. The van der Waals surface area contributed by atoms with E-state index < -0.39 is 0 Å². The number of aromatic nitrogens is 2. The Morgan fingerprint density at radius 1 is 1.12 bits per heavy atom. The Morgan fingerprint density at radius 3 is 2.38 bits per heavy atom. The molecule has 1 aromatic heterocycles. The van der Waals surface area contributed by atoms with Crippen LogP contribution in [0.3, 0.4) is 0 Å². The van der Waals surface area contributed by atoms with Gasteiger partial charge in [0.2, 0.25) is 0 Å².